The molecule has 0 fully saturated rings. The highest BCUT2D eigenvalue weighted by Crippen LogP contribution is 2.32. The molecule has 1 aromatic heterocycles. The van der Waals surface area contributed by atoms with Crippen LogP contribution in [0.15, 0.2) is 42.5 Å². The zero-order valence-corrected chi connectivity index (χ0v) is 12.2. The van der Waals surface area contributed by atoms with Crippen molar-refractivity contribution in [3.8, 4) is 28.8 Å². The molecule has 0 aliphatic heterocycles. The van der Waals surface area contributed by atoms with Gasteiger partial charge in [-0.25, -0.2) is 9.97 Å². The zero-order chi connectivity index (χ0) is 15.5. The Morgan fingerprint density at radius 3 is 2.05 bits per heavy atom. The van der Waals surface area contributed by atoms with Crippen molar-refractivity contribution in [1.29, 1.82) is 5.26 Å². The molecule has 3 aromatic rings. The molecule has 0 unspecified atom stereocenters. The van der Waals surface area contributed by atoms with Crippen LogP contribution < -0.4 is 9.47 Å². The van der Waals surface area contributed by atoms with Crippen LogP contribution in [-0.4, -0.2) is 24.2 Å². The molecule has 0 saturated heterocycles. The summed E-state index contributed by atoms with van der Waals surface area (Å²) in [5.74, 6) is 1.13. The number of fused-ring (bicyclic) bond motifs is 1. The molecule has 5 nitrogen and oxygen atoms in total. The fourth-order valence-electron chi connectivity index (χ4n) is 2.26. The van der Waals surface area contributed by atoms with Crippen molar-refractivity contribution in [2.75, 3.05) is 14.2 Å². The Balaban J connectivity index is 2.29. The van der Waals surface area contributed by atoms with E-state index in [0.717, 1.165) is 5.56 Å². The molecule has 1 heterocycles. The lowest BCUT2D eigenvalue weighted by molar-refractivity contribution is 0.355. The number of aromatic nitrogens is 2. The summed E-state index contributed by atoms with van der Waals surface area (Å²) >= 11 is 0. The molecule has 0 amide bonds. The van der Waals surface area contributed by atoms with E-state index in [2.05, 4.69) is 16.0 Å². The van der Waals surface area contributed by atoms with Crippen molar-refractivity contribution in [3.63, 3.8) is 0 Å². The molecule has 0 atom stereocenters. The van der Waals surface area contributed by atoms with Gasteiger partial charge in [-0.1, -0.05) is 30.3 Å². The van der Waals surface area contributed by atoms with E-state index in [9.17, 15) is 5.26 Å². The number of benzene rings is 2. The van der Waals surface area contributed by atoms with Gasteiger partial charge in [-0.2, -0.15) is 5.26 Å². The van der Waals surface area contributed by atoms with E-state index in [-0.39, 0.29) is 5.69 Å². The molecular weight excluding hydrogens is 278 g/mol. The van der Waals surface area contributed by atoms with E-state index in [1.165, 1.54) is 0 Å². The van der Waals surface area contributed by atoms with Crippen molar-refractivity contribution in [2.45, 2.75) is 0 Å². The van der Waals surface area contributed by atoms with Crippen molar-refractivity contribution < 1.29 is 9.47 Å². The van der Waals surface area contributed by atoms with Gasteiger partial charge in [-0.3, -0.25) is 0 Å². The first-order valence-corrected chi connectivity index (χ1v) is 6.66. The lowest BCUT2D eigenvalue weighted by atomic mass is 10.1. The van der Waals surface area contributed by atoms with E-state index in [0.29, 0.717) is 28.2 Å². The minimum atomic E-state index is 0.283. The van der Waals surface area contributed by atoms with Gasteiger partial charge in [0.2, 0.25) is 0 Å². The van der Waals surface area contributed by atoms with Crippen molar-refractivity contribution >= 4 is 11.0 Å². The second kappa shape index (κ2) is 5.70. The summed E-state index contributed by atoms with van der Waals surface area (Å²) in [6.07, 6.45) is 0. The first kappa shape index (κ1) is 13.8. The van der Waals surface area contributed by atoms with Crippen molar-refractivity contribution in [3.05, 3.63) is 48.2 Å². The second-order valence-corrected chi connectivity index (χ2v) is 4.59. The smallest absolute Gasteiger partial charge is 0.167 e. The van der Waals surface area contributed by atoms with E-state index < -0.39 is 0 Å². The van der Waals surface area contributed by atoms with Crippen LogP contribution >= 0.6 is 0 Å². The van der Waals surface area contributed by atoms with Gasteiger partial charge in [0.15, 0.2) is 17.2 Å². The van der Waals surface area contributed by atoms with Crippen LogP contribution in [0.25, 0.3) is 22.3 Å². The summed E-state index contributed by atoms with van der Waals surface area (Å²) in [5, 5.41) is 9.36. The molecule has 0 bridgehead atoms. The number of hydrogen-bond acceptors (Lipinski definition) is 5. The molecule has 22 heavy (non-hydrogen) atoms. The average Bonchev–Trinajstić information content (AvgIpc) is 2.59. The van der Waals surface area contributed by atoms with Gasteiger partial charge in [0.25, 0.3) is 0 Å². The Morgan fingerprint density at radius 2 is 1.50 bits per heavy atom. The van der Waals surface area contributed by atoms with Crippen LogP contribution in [0.2, 0.25) is 0 Å². The minimum absolute atomic E-state index is 0.283. The van der Waals surface area contributed by atoms with Gasteiger partial charge < -0.3 is 9.47 Å². The predicted octanol–water partition coefficient (Wildman–Crippen LogP) is 3.19. The fraction of sp³-hybridized carbons (Fsp3) is 0.118. The Kier molecular flexibility index (Phi) is 3.58. The number of rotatable bonds is 3. The first-order chi connectivity index (χ1) is 10.8. The largest absolute Gasteiger partial charge is 0.493 e. The molecule has 5 heteroatoms. The van der Waals surface area contributed by atoms with Gasteiger partial charge in [0.05, 0.1) is 25.3 Å². The summed E-state index contributed by atoms with van der Waals surface area (Å²) < 4.78 is 10.5. The summed E-state index contributed by atoms with van der Waals surface area (Å²) in [7, 11) is 3.12. The summed E-state index contributed by atoms with van der Waals surface area (Å²) in [6.45, 7) is 0. The molecule has 3 rings (SSSR count). The summed E-state index contributed by atoms with van der Waals surface area (Å²) in [5.41, 5.74) is 2.93. The van der Waals surface area contributed by atoms with Gasteiger partial charge >= 0.3 is 0 Å². The maximum atomic E-state index is 9.36. The van der Waals surface area contributed by atoms with Gasteiger partial charge in [0, 0.05) is 17.7 Å². The van der Waals surface area contributed by atoms with Crippen LogP contribution in [0.1, 0.15) is 5.69 Å². The molecular formula is C17H13N3O2. The number of hydrogen-bond donors (Lipinski definition) is 0. The average molecular weight is 291 g/mol. The molecule has 0 saturated carbocycles. The van der Waals surface area contributed by atoms with Gasteiger partial charge in [-0.05, 0) is 0 Å². The van der Waals surface area contributed by atoms with E-state index in [4.69, 9.17) is 9.47 Å². The normalized spacial score (nSPS) is 10.2. The highest BCUT2D eigenvalue weighted by atomic mass is 16.5. The highest BCUT2D eigenvalue weighted by molar-refractivity contribution is 5.83. The van der Waals surface area contributed by atoms with Gasteiger partial charge in [0.1, 0.15) is 11.8 Å². The minimum Gasteiger partial charge on any atom is -0.493 e. The molecule has 0 aliphatic rings. The zero-order valence-electron chi connectivity index (χ0n) is 12.2. The predicted molar refractivity (Wildman–Crippen MR) is 82.8 cm³/mol. The number of methoxy groups -OCH3 is 2. The van der Waals surface area contributed by atoms with Gasteiger partial charge in [-0.15, -0.1) is 0 Å². The molecule has 0 radical (unpaired) electrons. The molecule has 0 spiro atoms. The quantitative estimate of drug-likeness (QED) is 0.741. The third kappa shape index (κ3) is 2.31. The van der Waals surface area contributed by atoms with E-state index in [1.807, 2.05) is 30.3 Å². The fourth-order valence-corrected chi connectivity index (χ4v) is 2.26. The summed E-state index contributed by atoms with van der Waals surface area (Å²) in [4.78, 5) is 8.97. The van der Waals surface area contributed by atoms with Crippen molar-refractivity contribution in [2.24, 2.45) is 0 Å². The maximum Gasteiger partial charge on any atom is 0.167 e. The Bertz CT molecular complexity index is 870. The second-order valence-electron chi connectivity index (χ2n) is 4.59. The third-order valence-corrected chi connectivity index (χ3v) is 3.32. The Morgan fingerprint density at radius 1 is 0.909 bits per heavy atom. The SMILES string of the molecule is COc1cc2nc(C#N)c(-c3ccccc3)nc2cc1OC. The highest BCUT2D eigenvalue weighted by Gasteiger charge is 2.13. The number of nitrogens with zero attached hydrogens (tertiary/aromatic N) is 3. The standard InChI is InChI=1S/C17H13N3O2/c1-21-15-8-12-13(9-16(15)22-2)20-17(14(10-18)19-12)11-6-4-3-5-7-11/h3-9H,1-2H3. The summed E-state index contributed by atoms with van der Waals surface area (Å²) in [6, 6.07) is 15.1. The van der Waals surface area contributed by atoms with Crippen LogP contribution in [0.5, 0.6) is 11.5 Å². The lowest BCUT2D eigenvalue weighted by Gasteiger charge is -2.10. The van der Waals surface area contributed by atoms with Crippen LogP contribution in [-0.2, 0) is 0 Å². The maximum absolute atomic E-state index is 9.36. The van der Waals surface area contributed by atoms with E-state index in [1.54, 1.807) is 26.4 Å². The molecule has 0 aliphatic carbocycles. The topological polar surface area (TPSA) is 68.0 Å². The Hall–Kier alpha value is -3.13. The van der Waals surface area contributed by atoms with Crippen molar-refractivity contribution in [1.82, 2.24) is 9.97 Å². The van der Waals surface area contributed by atoms with Crippen LogP contribution in [0.3, 0.4) is 0 Å². The molecule has 108 valence electrons. The van der Waals surface area contributed by atoms with E-state index >= 15 is 0 Å². The monoisotopic (exact) mass is 291 g/mol. The first-order valence-electron chi connectivity index (χ1n) is 6.66. The molecule has 0 N–H and O–H groups in total. The third-order valence-electron chi connectivity index (χ3n) is 3.32. The number of ether oxygens (including phenoxy) is 2. The number of nitriles is 1. The van der Waals surface area contributed by atoms with Crippen LogP contribution in [0, 0.1) is 11.3 Å². The lowest BCUT2D eigenvalue weighted by Crippen LogP contribution is -1.97. The Labute approximate surface area is 127 Å². The van der Waals surface area contributed by atoms with Crippen LogP contribution in [0.4, 0.5) is 0 Å². The molecule has 2 aromatic carbocycles.